The van der Waals surface area contributed by atoms with Gasteiger partial charge in [0, 0.05) is 28.6 Å². The minimum atomic E-state index is -1.79. The number of hydrogen-bond donors (Lipinski definition) is 2. The van der Waals surface area contributed by atoms with E-state index in [1.54, 1.807) is 0 Å². The van der Waals surface area contributed by atoms with Crippen molar-refractivity contribution < 1.29 is 23.8 Å². The summed E-state index contributed by atoms with van der Waals surface area (Å²) in [5, 5.41) is 21.2. The van der Waals surface area contributed by atoms with E-state index in [4.69, 9.17) is 5.11 Å². The molecule has 0 fully saturated rings. The SMILES string of the molecule is O=C(O)C[S@](=O)CC(=O)Nc1ccc([N+](=O)[O-])cc1. The molecule has 1 amide bonds. The number of carbonyl (C=O) groups excluding carboxylic acids is 1. The van der Waals surface area contributed by atoms with Crippen molar-refractivity contribution >= 4 is 34.1 Å². The number of carboxylic acids is 1. The van der Waals surface area contributed by atoms with E-state index in [-0.39, 0.29) is 5.69 Å². The highest BCUT2D eigenvalue weighted by Crippen LogP contribution is 2.15. The Balaban J connectivity index is 2.55. The number of nitrogens with one attached hydrogen (secondary N) is 1. The summed E-state index contributed by atoms with van der Waals surface area (Å²) in [4.78, 5) is 31.5. The smallest absolute Gasteiger partial charge is 0.316 e. The number of rotatable bonds is 6. The van der Waals surface area contributed by atoms with E-state index in [0.717, 1.165) is 0 Å². The van der Waals surface area contributed by atoms with Crippen molar-refractivity contribution in [3.8, 4) is 0 Å². The molecule has 0 saturated carbocycles. The van der Waals surface area contributed by atoms with Crippen molar-refractivity contribution in [3.05, 3.63) is 34.4 Å². The molecule has 0 saturated heterocycles. The lowest BCUT2D eigenvalue weighted by molar-refractivity contribution is -0.384. The third-order valence-electron chi connectivity index (χ3n) is 1.94. The number of non-ortho nitro benzene ring substituents is 1. The van der Waals surface area contributed by atoms with Crippen molar-refractivity contribution in [1.29, 1.82) is 0 Å². The van der Waals surface area contributed by atoms with Crippen molar-refractivity contribution in [2.45, 2.75) is 0 Å². The summed E-state index contributed by atoms with van der Waals surface area (Å²) in [6, 6.07) is 5.08. The molecule has 102 valence electrons. The molecule has 0 heterocycles. The van der Waals surface area contributed by atoms with Crippen molar-refractivity contribution in [2.24, 2.45) is 0 Å². The largest absolute Gasteiger partial charge is 0.481 e. The van der Waals surface area contributed by atoms with Gasteiger partial charge in [-0.1, -0.05) is 0 Å². The average molecular weight is 286 g/mol. The van der Waals surface area contributed by atoms with Crippen LogP contribution in [0.25, 0.3) is 0 Å². The first-order chi connectivity index (χ1) is 8.88. The van der Waals surface area contributed by atoms with Gasteiger partial charge in [0.15, 0.2) is 0 Å². The number of nitro benzene ring substituents is 1. The van der Waals surface area contributed by atoms with Crippen LogP contribution in [-0.4, -0.2) is 37.6 Å². The Kier molecular flexibility index (Phi) is 5.12. The Labute approximate surface area is 110 Å². The summed E-state index contributed by atoms with van der Waals surface area (Å²) in [6.45, 7) is 0. The lowest BCUT2D eigenvalue weighted by Gasteiger charge is -2.04. The van der Waals surface area contributed by atoms with Crippen molar-refractivity contribution in [2.75, 3.05) is 16.8 Å². The maximum atomic E-state index is 11.4. The highest BCUT2D eigenvalue weighted by Gasteiger charge is 2.12. The number of carboxylic acid groups (broad SMARTS) is 1. The van der Waals surface area contributed by atoms with Gasteiger partial charge in [0.05, 0.1) is 4.92 Å². The van der Waals surface area contributed by atoms with E-state index in [1.165, 1.54) is 24.3 Å². The third-order valence-corrected chi connectivity index (χ3v) is 3.09. The molecule has 0 unspecified atom stereocenters. The normalized spacial score (nSPS) is 11.6. The van der Waals surface area contributed by atoms with Gasteiger partial charge in [-0.05, 0) is 12.1 Å². The number of nitrogens with zero attached hydrogens (tertiary/aromatic N) is 1. The summed E-state index contributed by atoms with van der Waals surface area (Å²) in [5.74, 6) is -2.91. The van der Waals surface area contributed by atoms with Crippen LogP contribution >= 0.6 is 0 Å². The van der Waals surface area contributed by atoms with E-state index in [1.807, 2.05) is 0 Å². The van der Waals surface area contributed by atoms with Gasteiger partial charge in [0.25, 0.3) is 5.69 Å². The number of hydrogen-bond acceptors (Lipinski definition) is 5. The second-order valence-corrected chi connectivity index (χ2v) is 4.93. The van der Waals surface area contributed by atoms with Crippen LogP contribution < -0.4 is 5.32 Å². The standard InChI is InChI=1S/C10H10N2O6S/c13-9(5-19(18)6-10(14)15)11-7-1-3-8(4-2-7)12(16)17/h1-4H,5-6H2,(H,11,13)(H,14,15)/t19-/m1/s1. The fourth-order valence-corrected chi connectivity index (χ4v) is 1.94. The quantitative estimate of drug-likeness (QED) is 0.574. The Hall–Kier alpha value is -2.29. The minimum Gasteiger partial charge on any atom is -0.481 e. The average Bonchev–Trinajstić information content (AvgIpc) is 2.27. The predicted octanol–water partition coefficient (Wildman–Crippen LogP) is 0.367. The Bertz CT molecular complexity index is 527. The molecule has 0 aliphatic rings. The van der Waals surface area contributed by atoms with Crippen LogP contribution in [0.5, 0.6) is 0 Å². The van der Waals surface area contributed by atoms with Gasteiger partial charge >= 0.3 is 5.97 Å². The van der Waals surface area contributed by atoms with Crippen molar-refractivity contribution in [3.63, 3.8) is 0 Å². The minimum absolute atomic E-state index is 0.118. The van der Waals surface area contributed by atoms with E-state index in [2.05, 4.69) is 5.32 Å². The van der Waals surface area contributed by atoms with Crippen LogP contribution in [0.3, 0.4) is 0 Å². The van der Waals surface area contributed by atoms with Gasteiger partial charge in [-0.15, -0.1) is 0 Å². The van der Waals surface area contributed by atoms with Crippen LogP contribution in [-0.2, 0) is 20.4 Å². The molecule has 0 bridgehead atoms. The number of carbonyl (C=O) groups is 2. The lowest BCUT2D eigenvalue weighted by atomic mass is 10.3. The fourth-order valence-electron chi connectivity index (χ4n) is 1.20. The Morgan fingerprint density at radius 3 is 2.32 bits per heavy atom. The first-order valence-corrected chi connectivity index (χ1v) is 6.48. The van der Waals surface area contributed by atoms with Crippen LogP contribution in [0, 0.1) is 10.1 Å². The fraction of sp³-hybridized carbons (Fsp3) is 0.200. The molecule has 1 aromatic carbocycles. The van der Waals surface area contributed by atoms with Gasteiger partial charge in [0.2, 0.25) is 5.91 Å². The highest BCUT2D eigenvalue weighted by atomic mass is 32.2. The first-order valence-electron chi connectivity index (χ1n) is 4.99. The van der Waals surface area contributed by atoms with Crippen LogP contribution in [0.2, 0.25) is 0 Å². The Morgan fingerprint density at radius 1 is 1.26 bits per heavy atom. The second kappa shape index (κ2) is 6.59. The number of aliphatic carboxylic acids is 1. The van der Waals surface area contributed by atoms with Gasteiger partial charge < -0.3 is 10.4 Å². The molecule has 1 rings (SSSR count). The van der Waals surface area contributed by atoms with Gasteiger partial charge in [-0.2, -0.15) is 0 Å². The van der Waals surface area contributed by atoms with Crippen molar-refractivity contribution in [1.82, 2.24) is 0 Å². The van der Waals surface area contributed by atoms with E-state index < -0.39 is 39.1 Å². The van der Waals surface area contributed by atoms with Crippen LogP contribution in [0.15, 0.2) is 24.3 Å². The number of benzene rings is 1. The summed E-state index contributed by atoms with van der Waals surface area (Å²) < 4.78 is 11.2. The van der Waals surface area contributed by atoms with Gasteiger partial charge in [-0.3, -0.25) is 23.9 Å². The number of anilines is 1. The molecule has 0 aromatic heterocycles. The molecule has 1 aromatic rings. The zero-order chi connectivity index (χ0) is 14.4. The summed E-state index contributed by atoms with van der Waals surface area (Å²) in [7, 11) is -1.79. The van der Waals surface area contributed by atoms with E-state index in [9.17, 15) is 23.9 Å². The van der Waals surface area contributed by atoms with E-state index >= 15 is 0 Å². The molecular weight excluding hydrogens is 276 g/mol. The van der Waals surface area contributed by atoms with Crippen LogP contribution in [0.4, 0.5) is 11.4 Å². The molecule has 0 spiro atoms. The lowest BCUT2D eigenvalue weighted by Crippen LogP contribution is -2.23. The summed E-state index contributed by atoms with van der Waals surface area (Å²) in [5.41, 5.74) is 0.190. The number of nitro groups is 1. The molecule has 2 N–H and O–H groups in total. The van der Waals surface area contributed by atoms with Gasteiger partial charge in [-0.25, -0.2) is 0 Å². The third kappa shape index (κ3) is 5.25. The zero-order valence-corrected chi connectivity index (χ0v) is 10.4. The molecule has 8 nitrogen and oxygen atoms in total. The molecular formula is C10H10N2O6S. The predicted molar refractivity (Wildman–Crippen MR) is 67.2 cm³/mol. The monoisotopic (exact) mass is 286 g/mol. The maximum absolute atomic E-state index is 11.4. The molecule has 9 heteroatoms. The molecule has 0 aliphatic heterocycles. The maximum Gasteiger partial charge on any atom is 0.316 e. The highest BCUT2D eigenvalue weighted by molar-refractivity contribution is 7.86. The second-order valence-electron chi connectivity index (χ2n) is 3.47. The molecule has 19 heavy (non-hydrogen) atoms. The summed E-state index contributed by atoms with van der Waals surface area (Å²) >= 11 is 0. The molecule has 1 atom stereocenters. The molecule has 0 aliphatic carbocycles. The topological polar surface area (TPSA) is 127 Å². The summed E-state index contributed by atoms with van der Waals surface area (Å²) in [6.07, 6.45) is 0. The Morgan fingerprint density at radius 2 is 1.84 bits per heavy atom. The first kappa shape index (κ1) is 14.8. The van der Waals surface area contributed by atoms with Gasteiger partial charge in [0.1, 0.15) is 11.5 Å². The van der Waals surface area contributed by atoms with Crippen LogP contribution in [0.1, 0.15) is 0 Å². The number of amides is 1. The van der Waals surface area contributed by atoms with E-state index in [0.29, 0.717) is 5.69 Å². The zero-order valence-electron chi connectivity index (χ0n) is 9.57. The molecule has 0 radical (unpaired) electrons.